The molecule has 0 spiro atoms. The van der Waals surface area contributed by atoms with Crippen LogP contribution >= 0.6 is 0 Å². The molecule has 0 saturated carbocycles. The molecule has 0 aromatic rings. The summed E-state index contributed by atoms with van der Waals surface area (Å²) in [4.78, 5) is 10.3. The van der Waals surface area contributed by atoms with Crippen molar-refractivity contribution in [3.05, 3.63) is 0 Å². The van der Waals surface area contributed by atoms with E-state index in [1.165, 1.54) is 19.5 Å². The Bertz CT molecular complexity index is 465. The second-order valence-electron chi connectivity index (χ2n) is 9.78. The molecule has 170 valence electrons. The molecule has 0 amide bonds. The molecule has 29 heavy (non-hydrogen) atoms. The topological polar surface area (TPSA) is 40.7 Å². The van der Waals surface area contributed by atoms with Gasteiger partial charge in [-0.05, 0) is 27.2 Å². The molecule has 0 aliphatic carbocycles. The van der Waals surface area contributed by atoms with Gasteiger partial charge in [-0.1, -0.05) is 0 Å². The van der Waals surface area contributed by atoms with E-state index in [0.29, 0.717) is 0 Å². The van der Waals surface area contributed by atoms with Crippen molar-refractivity contribution < 1.29 is 14.2 Å². The quantitative estimate of drug-likeness (QED) is 0.440. The van der Waals surface area contributed by atoms with E-state index in [-0.39, 0.29) is 5.60 Å². The normalized spacial score (nSPS) is 27.3. The van der Waals surface area contributed by atoms with Crippen LogP contribution in [-0.2, 0) is 14.2 Å². The van der Waals surface area contributed by atoms with Crippen molar-refractivity contribution in [1.82, 2.24) is 19.6 Å². The molecule has 2 atom stereocenters. The first-order chi connectivity index (χ1) is 13.9. The maximum Gasteiger partial charge on any atom is 0.0600 e. The first-order valence-corrected chi connectivity index (χ1v) is 11.6. The van der Waals surface area contributed by atoms with Gasteiger partial charge in [0.1, 0.15) is 0 Å². The van der Waals surface area contributed by atoms with Gasteiger partial charge in [0.2, 0.25) is 0 Å². The van der Waals surface area contributed by atoms with E-state index < -0.39 is 0 Å². The number of piperazine rings is 2. The predicted molar refractivity (Wildman–Crippen MR) is 117 cm³/mol. The third kappa shape index (κ3) is 7.73. The van der Waals surface area contributed by atoms with Gasteiger partial charge in [-0.15, -0.1) is 0 Å². The van der Waals surface area contributed by atoms with E-state index in [2.05, 4.69) is 40.4 Å². The molecule has 0 aromatic carbocycles. The molecule has 7 heteroatoms. The molecule has 7 nitrogen and oxygen atoms in total. The number of fused-ring (bicyclic) bond motifs is 2. The summed E-state index contributed by atoms with van der Waals surface area (Å²) < 4.78 is 17.1. The zero-order valence-electron chi connectivity index (χ0n) is 19.3. The van der Waals surface area contributed by atoms with Crippen molar-refractivity contribution in [2.75, 3.05) is 99.0 Å². The van der Waals surface area contributed by atoms with Gasteiger partial charge in [-0.25, -0.2) is 0 Å². The Morgan fingerprint density at radius 2 is 1.24 bits per heavy atom. The Hall–Kier alpha value is -0.280. The minimum Gasteiger partial charge on any atom is -0.383 e. The largest absolute Gasteiger partial charge is 0.383 e. The van der Waals surface area contributed by atoms with Crippen LogP contribution in [0.5, 0.6) is 0 Å². The maximum absolute atomic E-state index is 5.98. The third-order valence-corrected chi connectivity index (χ3v) is 6.53. The number of rotatable bonds is 12. The van der Waals surface area contributed by atoms with Crippen LogP contribution < -0.4 is 0 Å². The fourth-order valence-corrected chi connectivity index (χ4v) is 4.78. The molecule has 0 radical (unpaired) electrons. The Labute approximate surface area is 178 Å². The lowest BCUT2D eigenvalue weighted by Gasteiger charge is -2.35. The van der Waals surface area contributed by atoms with Gasteiger partial charge in [0, 0.05) is 84.6 Å². The second-order valence-corrected chi connectivity index (χ2v) is 9.78. The van der Waals surface area contributed by atoms with Gasteiger partial charge >= 0.3 is 0 Å². The summed E-state index contributed by atoms with van der Waals surface area (Å²) >= 11 is 0. The van der Waals surface area contributed by atoms with Crippen LogP contribution in [-0.4, -0.2) is 136 Å². The minimum absolute atomic E-state index is 0.0281. The van der Waals surface area contributed by atoms with E-state index in [4.69, 9.17) is 14.2 Å². The molecule has 3 aliphatic rings. The molecule has 3 rings (SSSR count). The van der Waals surface area contributed by atoms with Crippen molar-refractivity contribution in [3.63, 3.8) is 0 Å². The Kier molecular flexibility index (Phi) is 9.17. The van der Waals surface area contributed by atoms with Crippen LogP contribution in [0.2, 0.25) is 0 Å². The Balaban J connectivity index is 1.19. The SMILES string of the molecule is COCCN1CCN(CCOCCN2C[C@@H]3C[C@H]2CN3CCOC(C)(C)C)CC1. The van der Waals surface area contributed by atoms with Crippen LogP contribution in [0.25, 0.3) is 0 Å². The van der Waals surface area contributed by atoms with Gasteiger partial charge in [0.15, 0.2) is 0 Å². The molecule has 3 saturated heterocycles. The van der Waals surface area contributed by atoms with E-state index in [0.717, 1.165) is 90.9 Å². The lowest BCUT2D eigenvalue weighted by atomic mass is 10.2. The van der Waals surface area contributed by atoms with Gasteiger partial charge < -0.3 is 14.2 Å². The van der Waals surface area contributed by atoms with Crippen molar-refractivity contribution in [2.45, 2.75) is 44.9 Å². The van der Waals surface area contributed by atoms with Crippen LogP contribution in [0, 0.1) is 0 Å². The number of methoxy groups -OCH3 is 1. The van der Waals surface area contributed by atoms with Crippen LogP contribution in [0.4, 0.5) is 0 Å². The number of nitrogens with zero attached hydrogens (tertiary/aromatic N) is 4. The molecule has 3 aliphatic heterocycles. The summed E-state index contributed by atoms with van der Waals surface area (Å²) in [7, 11) is 1.78. The van der Waals surface area contributed by atoms with E-state index in [1.54, 1.807) is 7.11 Å². The third-order valence-electron chi connectivity index (χ3n) is 6.53. The first kappa shape index (κ1) is 23.4. The van der Waals surface area contributed by atoms with E-state index in [9.17, 15) is 0 Å². The summed E-state index contributed by atoms with van der Waals surface area (Å²) in [6, 6.07) is 1.44. The number of hydrogen-bond donors (Lipinski definition) is 0. The van der Waals surface area contributed by atoms with Crippen molar-refractivity contribution in [3.8, 4) is 0 Å². The van der Waals surface area contributed by atoms with Gasteiger partial charge in [0.25, 0.3) is 0 Å². The molecule has 0 unspecified atom stereocenters. The van der Waals surface area contributed by atoms with E-state index >= 15 is 0 Å². The first-order valence-electron chi connectivity index (χ1n) is 11.6. The average molecular weight is 413 g/mol. The molecular weight excluding hydrogens is 368 g/mol. The highest BCUT2D eigenvalue weighted by Crippen LogP contribution is 2.30. The number of hydrogen-bond acceptors (Lipinski definition) is 7. The Morgan fingerprint density at radius 3 is 1.76 bits per heavy atom. The molecular formula is C22H44N4O3. The lowest BCUT2D eigenvalue weighted by molar-refractivity contribution is -0.0199. The highest BCUT2D eigenvalue weighted by Gasteiger charge is 2.42. The lowest BCUT2D eigenvalue weighted by Crippen LogP contribution is -2.49. The molecule has 0 N–H and O–H groups in total. The van der Waals surface area contributed by atoms with Gasteiger partial charge in [-0.2, -0.15) is 0 Å². The minimum atomic E-state index is -0.0281. The Morgan fingerprint density at radius 1 is 0.724 bits per heavy atom. The fourth-order valence-electron chi connectivity index (χ4n) is 4.78. The summed E-state index contributed by atoms with van der Waals surface area (Å²) in [5.74, 6) is 0. The molecule has 2 bridgehead atoms. The highest BCUT2D eigenvalue weighted by atomic mass is 16.5. The number of ether oxygens (including phenoxy) is 3. The van der Waals surface area contributed by atoms with Gasteiger partial charge in [-0.3, -0.25) is 19.6 Å². The van der Waals surface area contributed by atoms with Crippen molar-refractivity contribution in [2.24, 2.45) is 0 Å². The van der Waals surface area contributed by atoms with Gasteiger partial charge in [0.05, 0.1) is 32.0 Å². The maximum atomic E-state index is 5.98. The smallest absolute Gasteiger partial charge is 0.0600 e. The highest BCUT2D eigenvalue weighted by molar-refractivity contribution is 4.99. The average Bonchev–Trinajstić information content (AvgIpc) is 3.26. The van der Waals surface area contributed by atoms with E-state index in [1.807, 2.05) is 0 Å². The zero-order chi connectivity index (χ0) is 20.7. The summed E-state index contributed by atoms with van der Waals surface area (Å²) in [6.07, 6.45) is 1.32. The molecule has 3 fully saturated rings. The van der Waals surface area contributed by atoms with Crippen molar-refractivity contribution in [1.29, 1.82) is 0 Å². The molecule has 0 aromatic heterocycles. The standard InChI is InChI=1S/C22H44N4O3/c1-22(2,3)29-16-12-26-19-20-17-21(26)18-25(20)11-15-28-14-10-24-7-5-23(6-8-24)9-13-27-4/h20-21H,5-19H2,1-4H3/t20-,21-/m0/s1. The predicted octanol–water partition coefficient (Wildman–Crippen LogP) is 0.841. The fraction of sp³-hybridized carbons (Fsp3) is 1.00. The summed E-state index contributed by atoms with van der Waals surface area (Å²) in [5, 5.41) is 0. The second kappa shape index (κ2) is 11.4. The van der Waals surface area contributed by atoms with Crippen LogP contribution in [0.1, 0.15) is 27.2 Å². The summed E-state index contributed by atoms with van der Waals surface area (Å²) in [6.45, 7) is 21.1. The molecule has 3 heterocycles. The summed E-state index contributed by atoms with van der Waals surface area (Å²) in [5.41, 5.74) is -0.0281. The van der Waals surface area contributed by atoms with Crippen LogP contribution in [0.3, 0.4) is 0 Å². The van der Waals surface area contributed by atoms with Crippen molar-refractivity contribution >= 4 is 0 Å². The zero-order valence-corrected chi connectivity index (χ0v) is 19.3. The van der Waals surface area contributed by atoms with Crippen LogP contribution in [0.15, 0.2) is 0 Å². The monoisotopic (exact) mass is 412 g/mol. The number of likely N-dealkylation sites (tertiary alicyclic amines) is 2.